The summed E-state index contributed by atoms with van der Waals surface area (Å²) in [5.74, 6) is -1.97. The standard InChI is InChI=1S/C18H24FNO5/c19-15-4-1-2-5-16(15)25-9-3-6-17(21)20-12-14(18(22)23)13-7-10-24-11-8-13/h1-2,4-5,13-14H,3,6-12H2,(H,20,21)(H,22,23). The minimum atomic E-state index is -0.893. The molecule has 6 nitrogen and oxygen atoms in total. The van der Waals surface area contributed by atoms with E-state index < -0.39 is 17.7 Å². The maximum atomic E-state index is 13.4. The normalized spacial score (nSPS) is 16.2. The quantitative estimate of drug-likeness (QED) is 0.665. The molecular formula is C18H24FNO5. The fourth-order valence-electron chi connectivity index (χ4n) is 2.86. The smallest absolute Gasteiger partial charge is 0.308 e. The summed E-state index contributed by atoms with van der Waals surface area (Å²) in [4.78, 5) is 23.3. The van der Waals surface area contributed by atoms with Crippen LogP contribution in [0.5, 0.6) is 5.75 Å². The maximum absolute atomic E-state index is 13.4. The van der Waals surface area contributed by atoms with Gasteiger partial charge in [0.05, 0.1) is 12.5 Å². The van der Waals surface area contributed by atoms with E-state index >= 15 is 0 Å². The zero-order chi connectivity index (χ0) is 18.1. The van der Waals surface area contributed by atoms with E-state index in [2.05, 4.69) is 5.32 Å². The summed E-state index contributed by atoms with van der Waals surface area (Å²) in [6.45, 7) is 1.47. The van der Waals surface area contributed by atoms with Crippen molar-refractivity contribution in [2.24, 2.45) is 11.8 Å². The second kappa shape index (κ2) is 9.98. The predicted molar refractivity (Wildman–Crippen MR) is 88.8 cm³/mol. The van der Waals surface area contributed by atoms with E-state index in [1.165, 1.54) is 12.1 Å². The molecule has 7 heteroatoms. The number of ether oxygens (including phenoxy) is 2. The van der Waals surface area contributed by atoms with Gasteiger partial charge in [-0.2, -0.15) is 0 Å². The number of nitrogens with one attached hydrogen (secondary N) is 1. The number of aliphatic carboxylic acids is 1. The highest BCUT2D eigenvalue weighted by Crippen LogP contribution is 2.23. The number of halogens is 1. The lowest BCUT2D eigenvalue weighted by Crippen LogP contribution is -2.39. The van der Waals surface area contributed by atoms with Crippen LogP contribution in [0.25, 0.3) is 0 Å². The van der Waals surface area contributed by atoms with Crippen molar-refractivity contribution in [3.8, 4) is 5.75 Å². The number of carbonyl (C=O) groups is 2. The molecule has 1 saturated heterocycles. The van der Waals surface area contributed by atoms with Gasteiger partial charge in [0.15, 0.2) is 11.6 Å². The highest BCUT2D eigenvalue weighted by molar-refractivity contribution is 5.77. The Morgan fingerprint density at radius 3 is 2.72 bits per heavy atom. The third-order valence-corrected chi connectivity index (χ3v) is 4.31. The molecule has 0 aliphatic carbocycles. The number of benzene rings is 1. The molecular weight excluding hydrogens is 329 g/mol. The van der Waals surface area contributed by atoms with Crippen molar-refractivity contribution in [1.82, 2.24) is 5.32 Å². The molecule has 2 N–H and O–H groups in total. The molecule has 0 saturated carbocycles. The number of hydrogen-bond acceptors (Lipinski definition) is 4. The molecule has 0 radical (unpaired) electrons. The first kappa shape index (κ1) is 19.2. The summed E-state index contributed by atoms with van der Waals surface area (Å²) < 4.78 is 23.9. The van der Waals surface area contributed by atoms with E-state index in [1.54, 1.807) is 12.1 Å². The maximum Gasteiger partial charge on any atom is 0.308 e. The topological polar surface area (TPSA) is 84.9 Å². The first-order valence-electron chi connectivity index (χ1n) is 8.52. The number of para-hydroxylation sites is 1. The average Bonchev–Trinajstić information content (AvgIpc) is 2.61. The lowest BCUT2D eigenvalue weighted by atomic mass is 9.86. The second-order valence-corrected chi connectivity index (χ2v) is 6.08. The Morgan fingerprint density at radius 2 is 2.04 bits per heavy atom. The van der Waals surface area contributed by atoms with Crippen LogP contribution in [0.15, 0.2) is 24.3 Å². The molecule has 1 aromatic rings. The van der Waals surface area contributed by atoms with E-state index in [9.17, 15) is 19.1 Å². The molecule has 1 unspecified atom stereocenters. The highest BCUT2D eigenvalue weighted by Gasteiger charge is 2.29. The summed E-state index contributed by atoms with van der Waals surface area (Å²) in [6, 6.07) is 6.09. The van der Waals surface area contributed by atoms with Gasteiger partial charge in [0.1, 0.15) is 0 Å². The van der Waals surface area contributed by atoms with Crippen molar-refractivity contribution >= 4 is 11.9 Å². The van der Waals surface area contributed by atoms with Gasteiger partial charge in [0.2, 0.25) is 5.91 Å². The molecule has 1 fully saturated rings. The van der Waals surface area contributed by atoms with Gasteiger partial charge >= 0.3 is 5.97 Å². The summed E-state index contributed by atoms with van der Waals surface area (Å²) in [5.41, 5.74) is 0. The van der Waals surface area contributed by atoms with Crippen LogP contribution in [-0.4, -0.2) is 43.3 Å². The zero-order valence-electron chi connectivity index (χ0n) is 14.1. The molecule has 25 heavy (non-hydrogen) atoms. The van der Waals surface area contributed by atoms with Crippen molar-refractivity contribution in [3.05, 3.63) is 30.1 Å². The van der Waals surface area contributed by atoms with Gasteiger partial charge in [-0.25, -0.2) is 4.39 Å². The van der Waals surface area contributed by atoms with Crippen molar-refractivity contribution in [2.45, 2.75) is 25.7 Å². The van der Waals surface area contributed by atoms with Crippen molar-refractivity contribution in [1.29, 1.82) is 0 Å². The molecule has 1 heterocycles. The van der Waals surface area contributed by atoms with Gasteiger partial charge < -0.3 is 19.9 Å². The predicted octanol–water partition coefficient (Wildman–Crippen LogP) is 2.23. The van der Waals surface area contributed by atoms with E-state index in [0.29, 0.717) is 32.5 Å². The molecule has 0 bridgehead atoms. The Kier molecular flexibility index (Phi) is 7.66. The Hall–Kier alpha value is -2.15. The van der Waals surface area contributed by atoms with Gasteiger partial charge in [0, 0.05) is 26.2 Å². The zero-order valence-corrected chi connectivity index (χ0v) is 14.1. The van der Waals surface area contributed by atoms with Crippen LogP contribution in [0, 0.1) is 17.7 Å². The minimum absolute atomic E-state index is 0.0240. The van der Waals surface area contributed by atoms with Crippen LogP contribution < -0.4 is 10.1 Å². The average molecular weight is 353 g/mol. The number of amides is 1. The van der Waals surface area contributed by atoms with Gasteiger partial charge in [-0.1, -0.05) is 12.1 Å². The molecule has 138 valence electrons. The van der Waals surface area contributed by atoms with Crippen LogP contribution >= 0.6 is 0 Å². The molecule has 1 aromatic carbocycles. The van der Waals surface area contributed by atoms with Gasteiger partial charge in [-0.05, 0) is 37.3 Å². The largest absolute Gasteiger partial charge is 0.491 e. The highest BCUT2D eigenvalue weighted by atomic mass is 19.1. The van der Waals surface area contributed by atoms with Crippen LogP contribution in [0.1, 0.15) is 25.7 Å². The Labute approximate surface area is 146 Å². The van der Waals surface area contributed by atoms with E-state index in [1.807, 2.05) is 0 Å². The van der Waals surface area contributed by atoms with E-state index in [4.69, 9.17) is 9.47 Å². The third kappa shape index (κ3) is 6.34. The van der Waals surface area contributed by atoms with Crippen molar-refractivity contribution in [2.75, 3.05) is 26.4 Å². The van der Waals surface area contributed by atoms with Crippen LogP contribution in [0.4, 0.5) is 4.39 Å². The Bertz CT molecular complexity index is 574. The number of carbonyl (C=O) groups excluding carboxylic acids is 1. The fourth-order valence-corrected chi connectivity index (χ4v) is 2.86. The van der Waals surface area contributed by atoms with Gasteiger partial charge in [-0.15, -0.1) is 0 Å². The van der Waals surface area contributed by atoms with Crippen LogP contribution in [0.2, 0.25) is 0 Å². The van der Waals surface area contributed by atoms with Crippen molar-refractivity contribution < 1.29 is 28.6 Å². The first-order valence-corrected chi connectivity index (χ1v) is 8.52. The minimum Gasteiger partial charge on any atom is -0.491 e. The summed E-state index contributed by atoms with van der Waals surface area (Å²) in [6.07, 6.45) is 2.02. The van der Waals surface area contributed by atoms with Crippen LogP contribution in [0.3, 0.4) is 0 Å². The Balaban J connectivity index is 1.67. The lowest BCUT2D eigenvalue weighted by molar-refractivity contribution is -0.145. The summed E-state index contributed by atoms with van der Waals surface area (Å²) >= 11 is 0. The Morgan fingerprint density at radius 1 is 1.32 bits per heavy atom. The number of hydrogen-bond donors (Lipinski definition) is 2. The van der Waals surface area contributed by atoms with Crippen LogP contribution in [-0.2, 0) is 14.3 Å². The number of carboxylic acid groups (broad SMARTS) is 1. The lowest BCUT2D eigenvalue weighted by Gasteiger charge is -2.27. The molecule has 1 amide bonds. The molecule has 0 aromatic heterocycles. The van der Waals surface area contributed by atoms with Gasteiger partial charge in [-0.3, -0.25) is 9.59 Å². The van der Waals surface area contributed by atoms with Gasteiger partial charge in [0.25, 0.3) is 0 Å². The summed E-state index contributed by atoms with van der Waals surface area (Å²) in [5, 5.41) is 12.0. The second-order valence-electron chi connectivity index (χ2n) is 6.08. The molecule has 0 spiro atoms. The van der Waals surface area contributed by atoms with Crippen molar-refractivity contribution in [3.63, 3.8) is 0 Å². The van der Waals surface area contributed by atoms with E-state index in [-0.39, 0.29) is 37.1 Å². The molecule has 2 rings (SSSR count). The monoisotopic (exact) mass is 353 g/mol. The fraction of sp³-hybridized carbons (Fsp3) is 0.556. The number of rotatable bonds is 9. The SMILES string of the molecule is O=C(CCCOc1ccccc1F)NCC(C(=O)O)C1CCOCC1. The third-order valence-electron chi connectivity index (χ3n) is 4.31. The number of carboxylic acids is 1. The molecule has 1 atom stereocenters. The molecule has 1 aliphatic rings. The van der Waals surface area contributed by atoms with E-state index in [0.717, 1.165) is 0 Å². The first-order chi connectivity index (χ1) is 12.1. The molecule has 1 aliphatic heterocycles. The summed E-state index contributed by atoms with van der Waals surface area (Å²) in [7, 11) is 0.